The van der Waals surface area contributed by atoms with Crippen LogP contribution in [0.3, 0.4) is 0 Å². The molecule has 0 saturated carbocycles. The van der Waals surface area contributed by atoms with Gasteiger partial charge in [-0.3, -0.25) is 14.8 Å². The van der Waals surface area contributed by atoms with E-state index in [2.05, 4.69) is 32.0 Å². The highest BCUT2D eigenvalue weighted by atomic mass is 32.1. The van der Waals surface area contributed by atoms with Crippen molar-refractivity contribution < 1.29 is 9.15 Å². The molecule has 152 valence electrons. The second kappa shape index (κ2) is 9.30. The Morgan fingerprint density at radius 2 is 1.66 bits per heavy atom. The Morgan fingerprint density at radius 3 is 2.34 bits per heavy atom. The highest BCUT2D eigenvalue weighted by Crippen LogP contribution is 2.15. The van der Waals surface area contributed by atoms with Gasteiger partial charge in [0.05, 0.1) is 20.2 Å². The fourth-order valence-electron chi connectivity index (χ4n) is 3.45. The molecular formula is C21H25N5O2S. The van der Waals surface area contributed by atoms with E-state index >= 15 is 0 Å². The van der Waals surface area contributed by atoms with E-state index in [9.17, 15) is 0 Å². The lowest BCUT2D eigenvalue weighted by Gasteiger charge is -2.34. The van der Waals surface area contributed by atoms with Crippen LogP contribution in [0.2, 0.25) is 0 Å². The molecule has 0 radical (unpaired) electrons. The third-order valence-electron chi connectivity index (χ3n) is 5.12. The number of ether oxygens (including phenoxy) is 1. The molecule has 0 N–H and O–H groups in total. The minimum absolute atomic E-state index is 0.424. The van der Waals surface area contributed by atoms with Crippen LogP contribution in [0.15, 0.2) is 53.2 Å². The fourth-order valence-corrected chi connectivity index (χ4v) is 3.65. The van der Waals surface area contributed by atoms with Crippen LogP contribution in [0.5, 0.6) is 5.75 Å². The summed E-state index contributed by atoms with van der Waals surface area (Å²) in [5.74, 6) is 1.47. The summed E-state index contributed by atoms with van der Waals surface area (Å²) >= 11 is 5.38. The van der Waals surface area contributed by atoms with Crippen LogP contribution < -0.4 is 4.74 Å². The average Bonchev–Trinajstić information content (AvgIpc) is 3.09. The van der Waals surface area contributed by atoms with Gasteiger partial charge in [-0.1, -0.05) is 12.1 Å². The molecule has 0 amide bonds. The average molecular weight is 412 g/mol. The molecule has 7 nitrogen and oxygen atoms in total. The van der Waals surface area contributed by atoms with Gasteiger partial charge in [0.2, 0.25) is 5.89 Å². The Labute approximate surface area is 175 Å². The maximum Gasteiger partial charge on any atom is 0.288 e. The molecule has 1 saturated heterocycles. The monoisotopic (exact) mass is 411 g/mol. The number of rotatable bonds is 7. The summed E-state index contributed by atoms with van der Waals surface area (Å²) < 4.78 is 12.7. The first kappa shape index (κ1) is 19.8. The molecule has 3 aromatic rings. The summed E-state index contributed by atoms with van der Waals surface area (Å²) in [6.07, 6.45) is 4.31. The van der Waals surface area contributed by atoms with E-state index in [1.165, 1.54) is 5.56 Å². The summed E-state index contributed by atoms with van der Waals surface area (Å²) in [4.78, 5) is 9.33. The molecule has 1 aliphatic rings. The van der Waals surface area contributed by atoms with Gasteiger partial charge in [0, 0.05) is 45.1 Å². The smallest absolute Gasteiger partial charge is 0.288 e. The van der Waals surface area contributed by atoms with Crippen LogP contribution in [0.25, 0.3) is 0 Å². The highest BCUT2D eigenvalue weighted by molar-refractivity contribution is 7.71. The lowest BCUT2D eigenvalue weighted by atomic mass is 10.1. The number of hydrogen-bond donors (Lipinski definition) is 0. The summed E-state index contributed by atoms with van der Waals surface area (Å²) in [6.45, 7) is 5.62. The van der Waals surface area contributed by atoms with E-state index < -0.39 is 0 Å². The third-order valence-corrected chi connectivity index (χ3v) is 5.41. The topological polar surface area (TPSA) is 59.6 Å². The molecule has 1 aliphatic heterocycles. The molecule has 3 heterocycles. The molecule has 2 aromatic heterocycles. The van der Waals surface area contributed by atoms with Crippen molar-refractivity contribution in [2.75, 3.05) is 33.3 Å². The van der Waals surface area contributed by atoms with Crippen molar-refractivity contribution in [1.29, 1.82) is 0 Å². The highest BCUT2D eigenvalue weighted by Gasteiger charge is 2.18. The van der Waals surface area contributed by atoms with Crippen molar-refractivity contribution in [1.82, 2.24) is 24.6 Å². The summed E-state index contributed by atoms with van der Waals surface area (Å²) in [5, 5.41) is 4.58. The standard InChI is InChI=1S/C21H25N5O2S/c1-27-19-4-2-17(3-5-19)14-20-23-26(21(29)28-20)16-25-12-10-24(11-13-25)15-18-6-8-22-9-7-18/h2-9H,10-16H2,1H3. The molecule has 1 fully saturated rings. The first-order valence-electron chi connectivity index (χ1n) is 9.73. The molecule has 4 rings (SSSR count). The lowest BCUT2D eigenvalue weighted by molar-refractivity contribution is 0.0973. The van der Waals surface area contributed by atoms with Crippen molar-refractivity contribution in [2.45, 2.75) is 19.6 Å². The van der Waals surface area contributed by atoms with E-state index in [0.717, 1.165) is 44.0 Å². The number of nitrogens with zero attached hydrogens (tertiary/aromatic N) is 5. The largest absolute Gasteiger partial charge is 0.497 e. The molecule has 0 aliphatic carbocycles. The van der Waals surface area contributed by atoms with E-state index in [4.69, 9.17) is 21.4 Å². The number of hydrogen-bond acceptors (Lipinski definition) is 7. The van der Waals surface area contributed by atoms with Crippen molar-refractivity contribution in [3.05, 3.63) is 70.6 Å². The first-order valence-corrected chi connectivity index (χ1v) is 10.1. The van der Waals surface area contributed by atoms with Crippen LogP contribution in [0.4, 0.5) is 0 Å². The zero-order valence-corrected chi connectivity index (χ0v) is 17.3. The van der Waals surface area contributed by atoms with Crippen molar-refractivity contribution in [3.8, 4) is 5.75 Å². The molecule has 0 unspecified atom stereocenters. The summed E-state index contributed by atoms with van der Waals surface area (Å²) in [7, 11) is 1.66. The molecular weight excluding hydrogens is 386 g/mol. The Balaban J connectivity index is 1.30. The van der Waals surface area contributed by atoms with Gasteiger partial charge in [0.1, 0.15) is 5.75 Å². The zero-order chi connectivity index (χ0) is 20.1. The van der Waals surface area contributed by atoms with Gasteiger partial charge in [-0.15, -0.1) is 5.10 Å². The molecule has 0 atom stereocenters. The zero-order valence-electron chi connectivity index (χ0n) is 16.5. The van der Waals surface area contributed by atoms with Gasteiger partial charge >= 0.3 is 0 Å². The van der Waals surface area contributed by atoms with Crippen molar-refractivity contribution in [3.63, 3.8) is 0 Å². The second-order valence-electron chi connectivity index (χ2n) is 7.18. The van der Waals surface area contributed by atoms with Crippen molar-refractivity contribution in [2.24, 2.45) is 0 Å². The number of aromatic nitrogens is 3. The third kappa shape index (κ3) is 5.29. The minimum Gasteiger partial charge on any atom is -0.497 e. The van der Waals surface area contributed by atoms with Gasteiger partial charge in [-0.2, -0.15) is 0 Å². The summed E-state index contributed by atoms with van der Waals surface area (Å²) in [6, 6.07) is 12.0. The first-order chi connectivity index (χ1) is 14.2. The van der Waals surface area contributed by atoms with Crippen LogP contribution in [0.1, 0.15) is 17.0 Å². The minimum atomic E-state index is 0.424. The number of pyridine rings is 1. The van der Waals surface area contributed by atoms with Gasteiger partial charge in [0.25, 0.3) is 4.84 Å². The van der Waals surface area contributed by atoms with E-state index in [1.54, 1.807) is 11.8 Å². The molecule has 29 heavy (non-hydrogen) atoms. The lowest BCUT2D eigenvalue weighted by Crippen LogP contribution is -2.46. The Bertz CT molecular complexity index is 963. The molecule has 1 aromatic carbocycles. The normalized spacial score (nSPS) is 15.5. The molecule has 8 heteroatoms. The predicted octanol–water partition coefficient (Wildman–Crippen LogP) is 2.98. The maximum atomic E-state index is 5.71. The molecule has 0 bridgehead atoms. The van der Waals surface area contributed by atoms with E-state index in [0.29, 0.717) is 23.8 Å². The van der Waals surface area contributed by atoms with E-state index in [1.807, 2.05) is 36.7 Å². The fraction of sp³-hybridized carbons (Fsp3) is 0.381. The molecule has 0 spiro atoms. The van der Waals surface area contributed by atoms with Gasteiger partial charge in [-0.25, -0.2) is 4.68 Å². The van der Waals surface area contributed by atoms with Gasteiger partial charge in [-0.05, 0) is 47.6 Å². The Hall–Kier alpha value is -2.55. The van der Waals surface area contributed by atoms with Crippen LogP contribution in [-0.4, -0.2) is 57.9 Å². The van der Waals surface area contributed by atoms with Gasteiger partial charge in [0.15, 0.2) is 0 Å². The van der Waals surface area contributed by atoms with Gasteiger partial charge < -0.3 is 9.15 Å². The Morgan fingerprint density at radius 1 is 0.966 bits per heavy atom. The maximum absolute atomic E-state index is 5.71. The van der Waals surface area contributed by atoms with Crippen LogP contribution in [-0.2, 0) is 19.6 Å². The number of methoxy groups -OCH3 is 1. The number of benzene rings is 1. The quantitative estimate of drug-likeness (QED) is 0.554. The predicted molar refractivity (Wildman–Crippen MR) is 112 cm³/mol. The van der Waals surface area contributed by atoms with E-state index in [-0.39, 0.29) is 0 Å². The van der Waals surface area contributed by atoms with Crippen LogP contribution in [0, 0.1) is 4.84 Å². The Kier molecular flexibility index (Phi) is 6.33. The van der Waals surface area contributed by atoms with Crippen LogP contribution >= 0.6 is 12.2 Å². The SMILES string of the molecule is COc1ccc(Cc2nn(CN3CCN(Cc4ccncc4)CC3)c(=S)o2)cc1. The second-order valence-corrected chi connectivity index (χ2v) is 7.53. The summed E-state index contributed by atoms with van der Waals surface area (Å²) in [5.41, 5.74) is 2.41. The van der Waals surface area contributed by atoms with Crippen molar-refractivity contribution >= 4 is 12.2 Å². The number of piperazine rings is 1.